The number of hydrogen-bond donors (Lipinski definition) is 1. The van der Waals surface area contributed by atoms with E-state index in [-0.39, 0.29) is 0 Å². The Morgan fingerprint density at radius 3 is 2.58 bits per heavy atom. The molecule has 0 spiro atoms. The van der Waals surface area contributed by atoms with E-state index in [1.807, 2.05) is 11.3 Å². The van der Waals surface area contributed by atoms with Crippen molar-refractivity contribution >= 4 is 16.5 Å². The molecule has 2 N–H and O–H groups in total. The van der Waals surface area contributed by atoms with Crippen molar-refractivity contribution in [1.29, 1.82) is 0 Å². The predicted octanol–water partition coefficient (Wildman–Crippen LogP) is 2.01. The van der Waals surface area contributed by atoms with Gasteiger partial charge in [-0.25, -0.2) is 4.98 Å². The van der Waals surface area contributed by atoms with E-state index in [1.165, 1.54) is 54.6 Å². The molecule has 5 heteroatoms. The van der Waals surface area contributed by atoms with Crippen molar-refractivity contribution in [1.82, 2.24) is 9.88 Å². The smallest absolute Gasteiger partial charge is 0.185 e. The molecule has 1 saturated heterocycles. The average molecular weight is 280 g/mol. The maximum absolute atomic E-state index is 5.86. The quantitative estimate of drug-likeness (QED) is 0.896. The van der Waals surface area contributed by atoms with Gasteiger partial charge in [-0.1, -0.05) is 6.92 Å². The second kappa shape index (κ2) is 5.77. The first kappa shape index (κ1) is 13.3. The Kier molecular flexibility index (Phi) is 4.05. The first-order valence-corrected chi connectivity index (χ1v) is 8.30. The zero-order valence-electron chi connectivity index (χ0n) is 11.8. The number of piperazine rings is 1. The molecule has 0 unspecified atom stereocenters. The number of nitrogens with zero attached hydrogens (tertiary/aromatic N) is 3. The van der Waals surface area contributed by atoms with Crippen LogP contribution in [-0.4, -0.2) is 42.6 Å². The Bertz CT molecular complexity index is 419. The van der Waals surface area contributed by atoms with Gasteiger partial charge < -0.3 is 10.6 Å². The van der Waals surface area contributed by atoms with E-state index in [9.17, 15) is 0 Å². The maximum Gasteiger partial charge on any atom is 0.185 e. The third-order valence-electron chi connectivity index (χ3n) is 4.05. The average Bonchev–Trinajstić information content (AvgIpc) is 3.19. The highest BCUT2D eigenvalue weighted by molar-refractivity contribution is 7.15. The Morgan fingerprint density at radius 1 is 1.26 bits per heavy atom. The van der Waals surface area contributed by atoms with Crippen molar-refractivity contribution in [3.05, 3.63) is 10.6 Å². The molecule has 3 rings (SSSR count). The largest absolute Gasteiger partial charge is 0.346 e. The van der Waals surface area contributed by atoms with Gasteiger partial charge in [0, 0.05) is 43.5 Å². The third kappa shape index (κ3) is 2.93. The SMILES string of the molecule is CCCN1CCN(c2nc(C3CC3)c(CN)s2)CC1. The molecular formula is C14H24N4S. The fourth-order valence-corrected chi connectivity index (χ4v) is 3.86. The van der Waals surface area contributed by atoms with Gasteiger partial charge >= 0.3 is 0 Å². The summed E-state index contributed by atoms with van der Waals surface area (Å²) in [6.45, 7) is 8.70. The summed E-state index contributed by atoms with van der Waals surface area (Å²) in [5.41, 5.74) is 7.17. The van der Waals surface area contributed by atoms with Crippen LogP contribution in [0.1, 0.15) is 42.7 Å². The van der Waals surface area contributed by atoms with Crippen LogP contribution in [-0.2, 0) is 6.54 Å². The number of anilines is 1. The number of rotatable bonds is 5. The monoisotopic (exact) mass is 280 g/mol. The van der Waals surface area contributed by atoms with Crippen LogP contribution < -0.4 is 10.6 Å². The Balaban J connectivity index is 1.66. The summed E-state index contributed by atoms with van der Waals surface area (Å²) >= 11 is 1.82. The van der Waals surface area contributed by atoms with Crippen molar-refractivity contribution in [2.24, 2.45) is 5.73 Å². The lowest BCUT2D eigenvalue weighted by Gasteiger charge is -2.34. The number of nitrogens with two attached hydrogens (primary N) is 1. The third-order valence-corrected chi connectivity index (χ3v) is 5.20. The van der Waals surface area contributed by atoms with Crippen LogP contribution in [0.25, 0.3) is 0 Å². The van der Waals surface area contributed by atoms with Crippen LogP contribution in [0.4, 0.5) is 5.13 Å². The van der Waals surface area contributed by atoms with E-state index in [0.717, 1.165) is 13.1 Å². The van der Waals surface area contributed by atoms with Crippen molar-refractivity contribution in [3.8, 4) is 0 Å². The lowest BCUT2D eigenvalue weighted by molar-refractivity contribution is 0.258. The predicted molar refractivity (Wildman–Crippen MR) is 80.9 cm³/mol. The van der Waals surface area contributed by atoms with Gasteiger partial charge in [0.25, 0.3) is 0 Å². The van der Waals surface area contributed by atoms with Crippen LogP contribution in [0.5, 0.6) is 0 Å². The summed E-state index contributed by atoms with van der Waals surface area (Å²) in [5, 5.41) is 1.21. The minimum absolute atomic E-state index is 0.652. The van der Waals surface area contributed by atoms with E-state index in [2.05, 4.69) is 16.7 Å². The molecule has 1 aromatic heterocycles. The molecular weight excluding hydrogens is 256 g/mol. The molecule has 0 bridgehead atoms. The van der Waals surface area contributed by atoms with Gasteiger partial charge in [-0.15, -0.1) is 11.3 Å². The minimum Gasteiger partial charge on any atom is -0.346 e. The van der Waals surface area contributed by atoms with Gasteiger partial charge in [-0.05, 0) is 25.8 Å². The van der Waals surface area contributed by atoms with E-state index >= 15 is 0 Å². The van der Waals surface area contributed by atoms with Gasteiger partial charge in [0.1, 0.15) is 0 Å². The Morgan fingerprint density at radius 2 is 2.00 bits per heavy atom. The molecule has 4 nitrogen and oxygen atoms in total. The standard InChI is InChI=1S/C14H24N4S/c1-2-5-17-6-8-18(9-7-17)14-16-13(11-3-4-11)12(10-15)19-14/h11H,2-10,15H2,1H3. The van der Waals surface area contributed by atoms with E-state index in [4.69, 9.17) is 10.7 Å². The van der Waals surface area contributed by atoms with Crippen LogP contribution >= 0.6 is 11.3 Å². The summed E-state index contributed by atoms with van der Waals surface area (Å²) in [6.07, 6.45) is 3.86. The summed E-state index contributed by atoms with van der Waals surface area (Å²) in [5.74, 6) is 0.713. The van der Waals surface area contributed by atoms with Crippen molar-refractivity contribution in [3.63, 3.8) is 0 Å². The van der Waals surface area contributed by atoms with Gasteiger partial charge in [-0.3, -0.25) is 4.90 Å². The lowest BCUT2D eigenvalue weighted by Crippen LogP contribution is -2.46. The van der Waals surface area contributed by atoms with Gasteiger partial charge in [0.05, 0.1) is 5.69 Å². The van der Waals surface area contributed by atoms with Crippen LogP contribution in [0.3, 0.4) is 0 Å². The fraction of sp³-hybridized carbons (Fsp3) is 0.786. The van der Waals surface area contributed by atoms with E-state index in [0.29, 0.717) is 12.5 Å². The molecule has 1 saturated carbocycles. The highest BCUT2D eigenvalue weighted by Gasteiger charge is 2.30. The van der Waals surface area contributed by atoms with Crippen molar-refractivity contribution in [2.75, 3.05) is 37.6 Å². The van der Waals surface area contributed by atoms with E-state index in [1.54, 1.807) is 0 Å². The number of hydrogen-bond acceptors (Lipinski definition) is 5. The summed E-state index contributed by atoms with van der Waals surface area (Å²) < 4.78 is 0. The molecule has 106 valence electrons. The zero-order valence-corrected chi connectivity index (χ0v) is 12.6. The summed E-state index contributed by atoms with van der Waals surface area (Å²) in [6, 6.07) is 0. The second-order valence-electron chi connectivity index (χ2n) is 5.61. The molecule has 19 heavy (non-hydrogen) atoms. The van der Waals surface area contributed by atoms with Gasteiger partial charge in [-0.2, -0.15) is 0 Å². The zero-order chi connectivity index (χ0) is 13.2. The normalized spacial score (nSPS) is 21.1. The molecule has 1 aromatic rings. The highest BCUT2D eigenvalue weighted by Crippen LogP contribution is 2.44. The molecule has 0 amide bonds. The number of thiazole rings is 1. The molecule has 2 aliphatic rings. The van der Waals surface area contributed by atoms with E-state index < -0.39 is 0 Å². The molecule has 2 heterocycles. The summed E-state index contributed by atoms with van der Waals surface area (Å²) in [7, 11) is 0. The van der Waals surface area contributed by atoms with Crippen molar-refractivity contribution in [2.45, 2.75) is 38.6 Å². The van der Waals surface area contributed by atoms with Crippen molar-refractivity contribution < 1.29 is 0 Å². The lowest BCUT2D eigenvalue weighted by atomic mass is 10.2. The first-order chi connectivity index (χ1) is 9.31. The fourth-order valence-electron chi connectivity index (χ4n) is 2.79. The molecule has 1 aliphatic carbocycles. The van der Waals surface area contributed by atoms with Crippen LogP contribution in [0, 0.1) is 0 Å². The van der Waals surface area contributed by atoms with Crippen LogP contribution in [0.2, 0.25) is 0 Å². The topological polar surface area (TPSA) is 45.4 Å². The van der Waals surface area contributed by atoms with Crippen LogP contribution in [0.15, 0.2) is 0 Å². The minimum atomic E-state index is 0.652. The second-order valence-corrected chi connectivity index (χ2v) is 6.67. The molecule has 0 atom stereocenters. The maximum atomic E-state index is 5.86. The number of aromatic nitrogens is 1. The highest BCUT2D eigenvalue weighted by atomic mass is 32.1. The molecule has 0 radical (unpaired) electrons. The Labute approximate surface area is 119 Å². The first-order valence-electron chi connectivity index (χ1n) is 7.48. The summed E-state index contributed by atoms with van der Waals surface area (Å²) in [4.78, 5) is 11.2. The Hall–Kier alpha value is -0.650. The molecule has 1 aliphatic heterocycles. The molecule has 0 aromatic carbocycles. The van der Waals surface area contributed by atoms with Gasteiger partial charge in [0.15, 0.2) is 5.13 Å². The molecule has 2 fully saturated rings. The van der Waals surface area contributed by atoms with Gasteiger partial charge in [0.2, 0.25) is 0 Å².